The third kappa shape index (κ3) is 5.40. The first-order valence-electron chi connectivity index (χ1n) is 8.74. The fourth-order valence-corrected chi connectivity index (χ4v) is 2.91. The summed E-state index contributed by atoms with van der Waals surface area (Å²) in [4.78, 5) is 9.27. The molecule has 1 aromatic carbocycles. The van der Waals surface area contributed by atoms with Crippen LogP contribution < -0.4 is 0 Å². The maximum Gasteiger partial charge on any atom is 0.226 e. The molecule has 6 nitrogen and oxygen atoms in total. The second-order valence-electron chi connectivity index (χ2n) is 6.15. The van der Waals surface area contributed by atoms with Crippen LogP contribution in [-0.2, 0) is 11.3 Å². The van der Waals surface area contributed by atoms with Gasteiger partial charge in [-0.25, -0.2) is 4.98 Å². The van der Waals surface area contributed by atoms with Crippen LogP contribution in [0.15, 0.2) is 41.0 Å². The van der Waals surface area contributed by atoms with Crippen LogP contribution in [0.1, 0.15) is 12.1 Å². The van der Waals surface area contributed by atoms with Gasteiger partial charge in [-0.1, -0.05) is 18.2 Å². The van der Waals surface area contributed by atoms with Crippen LogP contribution in [0.2, 0.25) is 0 Å². The highest BCUT2D eigenvalue weighted by atomic mass is 16.5. The summed E-state index contributed by atoms with van der Waals surface area (Å²) in [7, 11) is 0. The Morgan fingerprint density at radius 2 is 1.96 bits per heavy atom. The SMILES string of the molecule is N#CCCN(CCN1CCOCC1)Cc1coc(-c2ccccc2)n1. The predicted octanol–water partition coefficient (Wildman–Crippen LogP) is 2.39. The van der Waals surface area contributed by atoms with Crippen LogP contribution in [0.4, 0.5) is 0 Å². The third-order valence-corrected chi connectivity index (χ3v) is 4.33. The van der Waals surface area contributed by atoms with Crippen LogP contribution in [-0.4, -0.2) is 60.7 Å². The van der Waals surface area contributed by atoms with E-state index in [-0.39, 0.29) is 0 Å². The molecular weight excluding hydrogens is 316 g/mol. The molecule has 1 aromatic heterocycles. The molecule has 132 valence electrons. The first-order valence-corrected chi connectivity index (χ1v) is 8.74. The highest BCUT2D eigenvalue weighted by Gasteiger charge is 2.14. The lowest BCUT2D eigenvalue weighted by molar-refractivity contribution is 0.0330. The summed E-state index contributed by atoms with van der Waals surface area (Å²) in [6, 6.07) is 12.1. The van der Waals surface area contributed by atoms with Gasteiger partial charge in [0.25, 0.3) is 0 Å². The molecule has 25 heavy (non-hydrogen) atoms. The van der Waals surface area contributed by atoms with E-state index in [0.29, 0.717) is 18.9 Å². The van der Waals surface area contributed by atoms with E-state index in [9.17, 15) is 0 Å². The fraction of sp³-hybridized carbons (Fsp3) is 0.474. The quantitative estimate of drug-likeness (QED) is 0.735. The highest BCUT2D eigenvalue weighted by Crippen LogP contribution is 2.18. The van der Waals surface area contributed by atoms with E-state index in [2.05, 4.69) is 20.9 Å². The lowest BCUT2D eigenvalue weighted by Crippen LogP contribution is -2.41. The van der Waals surface area contributed by atoms with E-state index < -0.39 is 0 Å². The molecule has 0 radical (unpaired) electrons. The standard InChI is InChI=1S/C19H24N4O2/c20-7-4-8-23(10-9-22-11-13-24-14-12-22)15-18-16-25-19(21-18)17-5-2-1-3-6-17/h1-3,5-6,16H,4,8-15H2. The molecule has 0 spiro atoms. The third-order valence-electron chi connectivity index (χ3n) is 4.33. The molecule has 0 N–H and O–H groups in total. The molecule has 1 aliphatic rings. The minimum atomic E-state index is 0.520. The highest BCUT2D eigenvalue weighted by molar-refractivity contribution is 5.52. The topological polar surface area (TPSA) is 65.5 Å². The summed E-state index contributed by atoms with van der Waals surface area (Å²) >= 11 is 0. The number of nitriles is 1. The first-order chi connectivity index (χ1) is 12.3. The number of benzene rings is 1. The van der Waals surface area contributed by atoms with Crippen molar-refractivity contribution in [2.24, 2.45) is 0 Å². The van der Waals surface area contributed by atoms with E-state index in [0.717, 1.165) is 57.2 Å². The second kappa shape index (κ2) is 9.33. The van der Waals surface area contributed by atoms with Crippen molar-refractivity contribution in [3.05, 3.63) is 42.3 Å². The Balaban J connectivity index is 1.57. The van der Waals surface area contributed by atoms with Crippen molar-refractivity contribution in [3.63, 3.8) is 0 Å². The van der Waals surface area contributed by atoms with Crippen molar-refractivity contribution in [3.8, 4) is 17.5 Å². The largest absolute Gasteiger partial charge is 0.444 e. The van der Waals surface area contributed by atoms with Gasteiger partial charge in [0.2, 0.25) is 5.89 Å². The summed E-state index contributed by atoms with van der Waals surface area (Å²) in [5.74, 6) is 0.643. The summed E-state index contributed by atoms with van der Waals surface area (Å²) in [6.07, 6.45) is 2.24. The number of hydrogen-bond acceptors (Lipinski definition) is 6. The summed E-state index contributed by atoms with van der Waals surface area (Å²) in [5, 5.41) is 8.91. The van der Waals surface area contributed by atoms with Crippen LogP contribution in [0.3, 0.4) is 0 Å². The van der Waals surface area contributed by atoms with Crippen LogP contribution in [0.5, 0.6) is 0 Å². The van der Waals surface area contributed by atoms with Crippen molar-refractivity contribution in [2.45, 2.75) is 13.0 Å². The van der Waals surface area contributed by atoms with Gasteiger partial charge in [0.1, 0.15) is 6.26 Å². The summed E-state index contributed by atoms with van der Waals surface area (Å²) in [5.41, 5.74) is 1.88. The van der Waals surface area contributed by atoms with E-state index in [1.54, 1.807) is 6.26 Å². The van der Waals surface area contributed by atoms with Gasteiger partial charge in [-0.05, 0) is 12.1 Å². The van der Waals surface area contributed by atoms with Crippen molar-refractivity contribution >= 4 is 0 Å². The predicted molar refractivity (Wildman–Crippen MR) is 94.7 cm³/mol. The molecule has 1 aliphatic heterocycles. The zero-order chi connectivity index (χ0) is 17.3. The Kier molecular flexibility index (Phi) is 6.57. The number of oxazole rings is 1. The van der Waals surface area contributed by atoms with Gasteiger partial charge >= 0.3 is 0 Å². The molecule has 2 heterocycles. The average Bonchev–Trinajstić information content (AvgIpc) is 3.14. The summed E-state index contributed by atoms with van der Waals surface area (Å²) in [6.45, 7) is 6.91. The van der Waals surface area contributed by atoms with Gasteiger partial charge in [0.15, 0.2) is 0 Å². The Morgan fingerprint density at radius 3 is 2.72 bits per heavy atom. The molecule has 0 bridgehead atoms. The number of rotatable bonds is 8. The normalized spacial score (nSPS) is 15.4. The molecule has 0 atom stereocenters. The smallest absolute Gasteiger partial charge is 0.226 e. The zero-order valence-corrected chi connectivity index (χ0v) is 14.4. The Morgan fingerprint density at radius 1 is 1.16 bits per heavy atom. The van der Waals surface area contributed by atoms with Gasteiger partial charge in [-0.15, -0.1) is 0 Å². The second-order valence-corrected chi connectivity index (χ2v) is 6.15. The number of nitrogens with zero attached hydrogens (tertiary/aromatic N) is 4. The molecule has 2 aromatic rings. The maximum absolute atomic E-state index is 8.91. The Labute approximate surface area is 148 Å². The monoisotopic (exact) mass is 340 g/mol. The molecule has 0 saturated carbocycles. The Hall–Kier alpha value is -2.20. The van der Waals surface area contributed by atoms with Gasteiger partial charge < -0.3 is 9.15 Å². The number of ether oxygens (including phenoxy) is 1. The van der Waals surface area contributed by atoms with Crippen molar-refractivity contribution in [2.75, 3.05) is 45.9 Å². The fourth-order valence-electron chi connectivity index (χ4n) is 2.91. The number of morpholine rings is 1. The minimum Gasteiger partial charge on any atom is -0.444 e. The van der Waals surface area contributed by atoms with E-state index >= 15 is 0 Å². The lowest BCUT2D eigenvalue weighted by atomic mass is 10.2. The first kappa shape index (κ1) is 17.6. The van der Waals surface area contributed by atoms with Gasteiger partial charge in [0, 0.05) is 51.3 Å². The van der Waals surface area contributed by atoms with E-state index in [1.807, 2.05) is 30.3 Å². The minimum absolute atomic E-state index is 0.520. The van der Waals surface area contributed by atoms with E-state index in [1.165, 1.54) is 0 Å². The number of hydrogen-bond donors (Lipinski definition) is 0. The van der Waals surface area contributed by atoms with Crippen molar-refractivity contribution in [1.82, 2.24) is 14.8 Å². The molecule has 3 rings (SSSR count). The molecule has 1 saturated heterocycles. The lowest BCUT2D eigenvalue weighted by Gasteiger charge is -2.29. The van der Waals surface area contributed by atoms with Gasteiger partial charge in [-0.3, -0.25) is 9.80 Å². The molecular formula is C19H24N4O2. The molecule has 1 fully saturated rings. The van der Waals surface area contributed by atoms with Crippen molar-refractivity contribution in [1.29, 1.82) is 5.26 Å². The Bertz CT molecular complexity index is 674. The van der Waals surface area contributed by atoms with Crippen LogP contribution in [0.25, 0.3) is 11.5 Å². The maximum atomic E-state index is 8.91. The van der Waals surface area contributed by atoms with Crippen LogP contribution >= 0.6 is 0 Å². The van der Waals surface area contributed by atoms with Gasteiger partial charge in [-0.2, -0.15) is 5.26 Å². The average molecular weight is 340 g/mol. The van der Waals surface area contributed by atoms with E-state index in [4.69, 9.17) is 14.4 Å². The molecule has 0 unspecified atom stereocenters. The summed E-state index contributed by atoms with van der Waals surface area (Å²) < 4.78 is 11.0. The van der Waals surface area contributed by atoms with Crippen molar-refractivity contribution < 1.29 is 9.15 Å². The number of aromatic nitrogens is 1. The van der Waals surface area contributed by atoms with Crippen LogP contribution in [0, 0.1) is 11.3 Å². The van der Waals surface area contributed by atoms with Gasteiger partial charge in [0.05, 0.1) is 25.0 Å². The zero-order valence-electron chi connectivity index (χ0n) is 14.4. The molecule has 0 amide bonds. The molecule has 0 aliphatic carbocycles. The molecule has 6 heteroatoms.